The van der Waals surface area contributed by atoms with Crippen LogP contribution >= 0.6 is 0 Å². The summed E-state index contributed by atoms with van der Waals surface area (Å²) in [5, 5.41) is 0. The Balaban J connectivity index is 2.71. The minimum atomic E-state index is 0.212. The van der Waals surface area contributed by atoms with E-state index in [1.807, 2.05) is 0 Å². The molecule has 0 radical (unpaired) electrons. The maximum atomic E-state index is 5.45. The summed E-state index contributed by atoms with van der Waals surface area (Å²) in [5.41, 5.74) is 0.212. The second-order valence-electron chi connectivity index (χ2n) is 4.11. The molecule has 1 heterocycles. The number of ether oxygens (including phenoxy) is 2. The molecule has 1 rings (SSSR count). The predicted octanol–water partition coefficient (Wildman–Crippen LogP) is 1.52. The summed E-state index contributed by atoms with van der Waals surface area (Å²) in [7, 11) is 3.59. The highest BCUT2D eigenvalue weighted by Crippen LogP contribution is 2.33. The average molecular weight is 201 g/mol. The first-order valence-corrected chi connectivity index (χ1v) is 5.49. The van der Waals surface area contributed by atoms with Gasteiger partial charge in [-0.3, -0.25) is 4.90 Å². The van der Waals surface area contributed by atoms with E-state index >= 15 is 0 Å². The average Bonchev–Trinajstić information content (AvgIpc) is 2.57. The van der Waals surface area contributed by atoms with Crippen LogP contribution in [-0.4, -0.2) is 50.5 Å². The van der Waals surface area contributed by atoms with E-state index < -0.39 is 0 Å². The summed E-state index contributed by atoms with van der Waals surface area (Å²) in [6.07, 6.45) is 2.61. The number of nitrogens with zero attached hydrogens (tertiary/aromatic N) is 1. The van der Waals surface area contributed by atoms with Gasteiger partial charge in [0, 0.05) is 26.3 Å². The molecule has 0 amide bonds. The van der Waals surface area contributed by atoms with E-state index in [1.165, 1.54) is 0 Å². The first-order valence-electron chi connectivity index (χ1n) is 5.49. The number of likely N-dealkylation sites (N-methyl/N-ethyl adjacent to an activating group) is 1. The van der Waals surface area contributed by atoms with Crippen LogP contribution in [-0.2, 0) is 9.47 Å². The normalized spacial score (nSPS) is 33.9. The Hall–Kier alpha value is -0.120. The largest absolute Gasteiger partial charge is 0.383 e. The van der Waals surface area contributed by atoms with Crippen molar-refractivity contribution in [1.29, 1.82) is 0 Å². The molecule has 1 fully saturated rings. The van der Waals surface area contributed by atoms with Gasteiger partial charge in [0.1, 0.15) is 0 Å². The zero-order chi connectivity index (χ0) is 10.6. The Bertz CT molecular complexity index is 175. The van der Waals surface area contributed by atoms with Crippen molar-refractivity contribution in [3.05, 3.63) is 0 Å². The summed E-state index contributed by atoms with van der Waals surface area (Å²) in [6.45, 7) is 7.39. The molecule has 0 spiro atoms. The van der Waals surface area contributed by atoms with Gasteiger partial charge in [-0.15, -0.1) is 0 Å². The van der Waals surface area contributed by atoms with Gasteiger partial charge < -0.3 is 9.47 Å². The molecule has 0 bridgehead atoms. The third kappa shape index (κ3) is 2.10. The van der Waals surface area contributed by atoms with E-state index in [0.29, 0.717) is 6.10 Å². The lowest BCUT2D eigenvalue weighted by Gasteiger charge is -2.36. The Morgan fingerprint density at radius 2 is 2.07 bits per heavy atom. The van der Waals surface area contributed by atoms with Gasteiger partial charge in [0.2, 0.25) is 0 Å². The van der Waals surface area contributed by atoms with Crippen LogP contribution in [0, 0.1) is 0 Å². The van der Waals surface area contributed by atoms with Gasteiger partial charge in [-0.2, -0.15) is 0 Å². The van der Waals surface area contributed by atoms with Crippen molar-refractivity contribution in [1.82, 2.24) is 4.90 Å². The Morgan fingerprint density at radius 1 is 1.36 bits per heavy atom. The van der Waals surface area contributed by atoms with Gasteiger partial charge in [-0.25, -0.2) is 0 Å². The van der Waals surface area contributed by atoms with Crippen molar-refractivity contribution < 1.29 is 9.47 Å². The van der Waals surface area contributed by atoms with Gasteiger partial charge >= 0.3 is 0 Å². The molecule has 84 valence electrons. The molecule has 0 N–H and O–H groups in total. The molecular formula is C11H23NO2. The minimum absolute atomic E-state index is 0.212. The molecule has 0 aromatic carbocycles. The monoisotopic (exact) mass is 201 g/mol. The highest BCUT2D eigenvalue weighted by molar-refractivity contribution is 4.98. The molecule has 1 aliphatic heterocycles. The zero-order valence-electron chi connectivity index (χ0n) is 9.88. The van der Waals surface area contributed by atoms with Gasteiger partial charge in [0.05, 0.1) is 12.7 Å². The fraction of sp³-hybridized carbons (Fsp3) is 1.00. The van der Waals surface area contributed by atoms with Crippen LogP contribution in [0.2, 0.25) is 0 Å². The quantitative estimate of drug-likeness (QED) is 0.673. The molecule has 3 nitrogen and oxygen atoms in total. The molecular weight excluding hydrogens is 178 g/mol. The van der Waals surface area contributed by atoms with Crippen molar-refractivity contribution >= 4 is 0 Å². The van der Waals surface area contributed by atoms with Crippen LogP contribution in [0.1, 0.15) is 26.7 Å². The Labute approximate surface area is 87.4 Å². The fourth-order valence-electron chi connectivity index (χ4n) is 2.57. The molecule has 0 aliphatic carbocycles. The summed E-state index contributed by atoms with van der Waals surface area (Å²) in [4.78, 5) is 2.49. The first-order chi connectivity index (χ1) is 6.72. The maximum absolute atomic E-state index is 5.45. The highest BCUT2D eigenvalue weighted by Gasteiger charge is 2.43. The second kappa shape index (κ2) is 5.10. The Kier molecular flexibility index (Phi) is 4.35. The van der Waals surface area contributed by atoms with Crippen molar-refractivity contribution in [2.24, 2.45) is 0 Å². The van der Waals surface area contributed by atoms with Crippen molar-refractivity contribution in [2.75, 3.05) is 33.9 Å². The van der Waals surface area contributed by atoms with Crippen LogP contribution in [0.25, 0.3) is 0 Å². The molecule has 1 aliphatic rings. The van der Waals surface area contributed by atoms with Crippen molar-refractivity contribution in [3.8, 4) is 0 Å². The standard InChI is InChI=1S/C11H23NO2/c1-5-11(9-13-3)7-10(14-4)8-12(11)6-2/h10H,5-9H2,1-4H3. The number of hydrogen-bond donors (Lipinski definition) is 0. The molecule has 0 aromatic heterocycles. The second-order valence-corrected chi connectivity index (χ2v) is 4.11. The molecule has 0 saturated carbocycles. The van der Waals surface area contributed by atoms with E-state index in [4.69, 9.17) is 9.47 Å². The summed E-state index contributed by atoms with van der Waals surface area (Å²) < 4.78 is 10.8. The first kappa shape index (κ1) is 12.0. The smallest absolute Gasteiger partial charge is 0.0716 e. The van der Waals surface area contributed by atoms with Gasteiger partial charge in [0.15, 0.2) is 0 Å². The van der Waals surface area contributed by atoms with Gasteiger partial charge in [-0.05, 0) is 19.4 Å². The topological polar surface area (TPSA) is 21.7 Å². The molecule has 3 heteroatoms. The number of hydrogen-bond acceptors (Lipinski definition) is 3. The minimum Gasteiger partial charge on any atom is -0.383 e. The highest BCUT2D eigenvalue weighted by atomic mass is 16.5. The molecule has 0 aromatic rings. The van der Waals surface area contributed by atoms with E-state index in [9.17, 15) is 0 Å². The molecule has 14 heavy (non-hydrogen) atoms. The number of rotatable bonds is 5. The van der Waals surface area contributed by atoms with E-state index in [1.54, 1.807) is 14.2 Å². The Morgan fingerprint density at radius 3 is 2.50 bits per heavy atom. The molecule has 2 atom stereocenters. The van der Waals surface area contributed by atoms with Gasteiger partial charge in [0.25, 0.3) is 0 Å². The predicted molar refractivity (Wildman–Crippen MR) is 57.6 cm³/mol. The lowest BCUT2D eigenvalue weighted by atomic mass is 9.93. The van der Waals surface area contributed by atoms with Crippen LogP contribution in [0.3, 0.4) is 0 Å². The molecule has 1 saturated heterocycles. The van der Waals surface area contributed by atoms with Crippen LogP contribution in [0.5, 0.6) is 0 Å². The lowest BCUT2D eigenvalue weighted by Crippen LogP contribution is -2.46. The number of methoxy groups -OCH3 is 2. The third-order valence-corrected chi connectivity index (χ3v) is 3.49. The lowest BCUT2D eigenvalue weighted by molar-refractivity contribution is 0.0373. The SMILES string of the molecule is CCN1CC(OC)CC1(CC)COC. The summed E-state index contributed by atoms with van der Waals surface area (Å²) in [6, 6.07) is 0. The zero-order valence-corrected chi connectivity index (χ0v) is 9.88. The fourth-order valence-corrected chi connectivity index (χ4v) is 2.57. The molecule has 2 unspecified atom stereocenters. The van der Waals surface area contributed by atoms with Crippen LogP contribution in [0.15, 0.2) is 0 Å². The van der Waals surface area contributed by atoms with Crippen LogP contribution < -0.4 is 0 Å². The number of likely N-dealkylation sites (tertiary alicyclic amines) is 1. The van der Waals surface area contributed by atoms with E-state index in [2.05, 4.69) is 18.7 Å². The van der Waals surface area contributed by atoms with Crippen molar-refractivity contribution in [2.45, 2.75) is 38.3 Å². The summed E-state index contributed by atoms with van der Waals surface area (Å²) in [5.74, 6) is 0. The van der Waals surface area contributed by atoms with E-state index in [0.717, 1.165) is 32.5 Å². The van der Waals surface area contributed by atoms with Gasteiger partial charge in [-0.1, -0.05) is 13.8 Å². The van der Waals surface area contributed by atoms with Crippen molar-refractivity contribution in [3.63, 3.8) is 0 Å². The maximum Gasteiger partial charge on any atom is 0.0716 e. The third-order valence-electron chi connectivity index (χ3n) is 3.49. The van der Waals surface area contributed by atoms with Crippen LogP contribution in [0.4, 0.5) is 0 Å². The summed E-state index contributed by atoms with van der Waals surface area (Å²) >= 11 is 0. The van der Waals surface area contributed by atoms with E-state index in [-0.39, 0.29) is 5.54 Å².